The third kappa shape index (κ3) is 63.5. The number of phosphoric acid groups is 2. The smallest absolute Gasteiger partial charge is 0.462 e. The fourth-order valence-corrected chi connectivity index (χ4v) is 12.3. The fraction of sp³-hybridized carbons (Fsp3) is 0.944. The van der Waals surface area contributed by atoms with Crippen LogP contribution in [0.5, 0.6) is 0 Å². The molecule has 0 amide bonds. The lowest BCUT2D eigenvalue weighted by Gasteiger charge is -2.21. The van der Waals surface area contributed by atoms with Crippen molar-refractivity contribution in [3.63, 3.8) is 0 Å². The third-order valence-electron chi connectivity index (χ3n) is 16.7. The summed E-state index contributed by atoms with van der Waals surface area (Å²) in [5.74, 6) is 0.213. The van der Waals surface area contributed by atoms with E-state index in [1.54, 1.807) is 0 Å². The normalized spacial score (nSPS) is 14.5. The Labute approximate surface area is 549 Å². The number of carbonyl (C=O) groups excluding carboxylic acids is 4. The highest BCUT2D eigenvalue weighted by molar-refractivity contribution is 7.47. The van der Waals surface area contributed by atoms with Crippen LogP contribution in [-0.4, -0.2) is 96.7 Å². The topological polar surface area (TPSA) is 237 Å². The molecule has 534 valence electrons. The average molecular weight is 1330 g/mol. The van der Waals surface area contributed by atoms with Crippen LogP contribution in [0.1, 0.15) is 357 Å². The molecule has 0 fully saturated rings. The van der Waals surface area contributed by atoms with E-state index < -0.39 is 97.5 Å². The number of ether oxygens (including phenoxy) is 4. The van der Waals surface area contributed by atoms with Crippen LogP contribution >= 0.6 is 15.6 Å². The van der Waals surface area contributed by atoms with Crippen LogP contribution in [0.25, 0.3) is 0 Å². The molecule has 0 rings (SSSR count). The predicted octanol–water partition coefficient (Wildman–Crippen LogP) is 20.2. The summed E-state index contributed by atoms with van der Waals surface area (Å²) in [6.45, 7) is 11.8. The molecule has 0 radical (unpaired) electrons. The van der Waals surface area contributed by atoms with Gasteiger partial charge < -0.3 is 33.8 Å². The van der Waals surface area contributed by atoms with E-state index in [0.717, 1.165) is 114 Å². The highest BCUT2D eigenvalue weighted by Gasteiger charge is 2.30. The van der Waals surface area contributed by atoms with Crippen LogP contribution < -0.4 is 0 Å². The summed E-state index contributed by atoms with van der Waals surface area (Å²) in [6, 6.07) is 0. The Kier molecular flexibility index (Phi) is 60.6. The van der Waals surface area contributed by atoms with Crippen molar-refractivity contribution in [3.8, 4) is 0 Å². The van der Waals surface area contributed by atoms with Crippen molar-refractivity contribution in [2.45, 2.75) is 375 Å². The van der Waals surface area contributed by atoms with Crippen LogP contribution in [0.4, 0.5) is 0 Å². The summed E-state index contributed by atoms with van der Waals surface area (Å²) in [6.07, 6.45) is 46.2. The summed E-state index contributed by atoms with van der Waals surface area (Å²) in [4.78, 5) is 72.3. The average Bonchev–Trinajstić information content (AvgIpc) is 3.31. The molecule has 0 aliphatic carbocycles. The van der Waals surface area contributed by atoms with Crippen molar-refractivity contribution in [2.75, 3.05) is 39.6 Å². The fourth-order valence-electron chi connectivity index (χ4n) is 10.7. The zero-order valence-electron chi connectivity index (χ0n) is 58.6. The minimum atomic E-state index is -4.95. The van der Waals surface area contributed by atoms with E-state index in [0.29, 0.717) is 25.7 Å². The van der Waals surface area contributed by atoms with Crippen molar-refractivity contribution in [1.29, 1.82) is 0 Å². The highest BCUT2D eigenvalue weighted by Crippen LogP contribution is 2.45. The maximum absolute atomic E-state index is 13.0. The van der Waals surface area contributed by atoms with Gasteiger partial charge in [-0.1, -0.05) is 305 Å². The van der Waals surface area contributed by atoms with Crippen LogP contribution in [0.15, 0.2) is 0 Å². The number of rotatable bonds is 69. The number of hydrogen-bond acceptors (Lipinski definition) is 15. The Hall–Kier alpha value is -1.94. The van der Waals surface area contributed by atoms with Gasteiger partial charge in [0.05, 0.1) is 26.4 Å². The summed E-state index contributed by atoms with van der Waals surface area (Å²) in [5.41, 5.74) is 0. The number of phosphoric ester groups is 2. The molecule has 3 N–H and O–H groups in total. The van der Waals surface area contributed by atoms with E-state index in [1.807, 2.05) is 0 Å². The van der Waals surface area contributed by atoms with Crippen molar-refractivity contribution < 1.29 is 80.2 Å². The van der Waals surface area contributed by atoms with Gasteiger partial charge in [0, 0.05) is 25.7 Å². The minimum absolute atomic E-state index is 0.104. The molecule has 0 aliphatic rings. The molecule has 17 nitrogen and oxygen atoms in total. The predicted molar refractivity (Wildman–Crippen MR) is 363 cm³/mol. The van der Waals surface area contributed by atoms with Gasteiger partial charge in [0.25, 0.3) is 0 Å². The van der Waals surface area contributed by atoms with Crippen molar-refractivity contribution in [3.05, 3.63) is 0 Å². The number of aliphatic hydroxyl groups is 1. The lowest BCUT2D eigenvalue weighted by molar-refractivity contribution is -0.161. The number of aliphatic hydroxyl groups excluding tert-OH is 1. The molecule has 6 atom stereocenters. The van der Waals surface area contributed by atoms with Gasteiger partial charge in [0.15, 0.2) is 12.2 Å². The molecule has 0 saturated heterocycles. The standard InChI is InChI=1S/C71H138O17P2/c1-8-10-11-35-45-52-68(73)81-58-66(87-71(76)55-48-41-34-28-27-31-38-44-51-64(7)9-2)60-85-89(77,78)83-56-65(72)57-84-90(79,80)86-61-67(59-82-69(74)53-46-39-32-25-22-18-20-24-30-37-43-50-63(5)6)88-70(75)54-47-40-33-26-21-17-15-13-12-14-16-19-23-29-36-42-49-62(3)4/h62-67,72H,8-61H2,1-7H3,(H,77,78)(H,79,80)/t64?,65-,66+,67+/m0/s1. The molecule has 0 aromatic rings. The first-order chi connectivity index (χ1) is 43.3. The largest absolute Gasteiger partial charge is 0.472 e. The van der Waals surface area contributed by atoms with Gasteiger partial charge in [-0.2, -0.15) is 0 Å². The first-order valence-electron chi connectivity index (χ1n) is 36.9. The van der Waals surface area contributed by atoms with Crippen LogP contribution in [0, 0.1) is 17.8 Å². The number of unbranched alkanes of at least 4 members (excludes halogenated alkanes) is 36. The Balaban J connectivity index is 5.15. The molecular weight excluding hydrogens is 1190 g/mol. The van der Waals surface area contributed by atoms with Gasteiger partial charge in [-0.05, 0) is 43.4 Å². The molecule has 0 aliphatic heterocycles. The lowest BCUT2D eigenvalue weighted by atomic mass is 9.99. The molecule has 0 saturated carbocycles. The molecule has 0 bridgehead atoms. The zero-order valence-corrected chi connectivity index (χ0v) is 60.4. The Morgan fingerprint density at radius 3 is 0.844 bits per heavy atom. The van der Waals surface area contributed by atoms with Crippen molar-refractivity contribution in [1.82, 2.24) is 0 Å². The van der Waals surface area contributed by atoms with E-state index in [4.69, 9.17) is 37.0 Å². The van der Waals surface area contributed by atoms with Gasteiger partial charge >= 0.3 is 39.5 Å². The summed E-state index contributed by atoms with van der Waals surface area (Å²) in [5, 5.41) is 10.6. The summed E-state index contributed by atoms with van der Waals surface area (Å²) >= 11 is 0. The molecule has 0 heterocycles. The molecule has 0 aromatic carbocycles. The van der Waals surface area contributed by atoms with Gasteiger partial charge in [-0.3, -0.25) is 37.3 Å². The zero-order chi connectivity index (χ0) is 66.6. The van der Waals surface area contributed by atoms with Gasteiger partial charge in [0.2, 0.25) is 0 Å². The lowest BCUT2D eigenvalue weighted by Crippen LogP contribution is -2.30. The van der Waals surface area contributed by atoms with Crippen molar-refractivity contribution >= 4 is 39.5 Å². The van der Waals surface area contributed by atoms with Crippen molar-refractivity contribution in [2.24, 2.45) is 17.8 Å². The first kappa shape index (κ1) is 88.1. The molecule has 19 heteroatoms. The Morgan fingerprint density at radius 1 is 0.322 bits per heavy atom. The number of hydrogen-bond donors (Lipinski definition) is 3. The highest BCUT2D eigenvalue weighted by atomic mass is 31.2. The number of esters is 4. The number of carbonyl (C=O) groups is 4. The second kappa shape index (κ2) is 61.9. The molecular formula is C71H138O17P2. The van der Waals surface area contributed by atoms with E-state index in [9.17, 15) is 43.2 Å². The monoisotopic (exact) mass is 1320 g/mol. The maximum Gasteiger partial charge on any atom is 0.472 e. The quantitative estimate of drug-likeness (QED) is 0.0222. The summed E-state index contributed by atoms with van der Waals surface area (Å²) < 4.78 is 68.1. The second-order valence-corrected chi connectivity index (χ2v) is 29.7. The van der Waals surface area contributed by atoms with Gasteiger partial charge in [-0.15, -0.1) is 0 Å². The molecule has 0 aromatic heterocycles. The molecule has 0 spiro atoms. The van der Waals surface area contributed by atoms with Crippen LogP contribution in [-0.2, 0) is 65.4 Å². The first-order valence-corrected chi connectivity index (χ1v) is 39.9. The minimum Gasteiger partial charge on any atom is -0.462 e. The molecule has 90 heavy (non-hydrogen) atoms. The van der Waals surface area contributed by atoms with Crippen LogP contribution in [0.2, 0.25) is 0 Å². The second-order valence-electron chi connectivity index (χ2n) is 26.8. The SMILES string of the molecule is CCCCCCCC(=O)OC[C@H](COP(=O)(O)OC[C@H](O)COP(=O)(O)OC[C@@H](COC(=O)CCCCCCCCCCCCCC(C)C)OC(=O)CCCCCCCCCCCCCCCCCCC(C)C)OC(=O)CCCCCCCCCCC(C)CC. The van der Waals surface area contributed by atoms with E-state index >= 15 is 0 Å². The Morgan fingerprint density at radius 2 is 0.567 bits per heavy atom. The van der Waals surface area contributed by atoms with E-state index in [1.165, 1.54) is 161 Å². The third-order valence-corrected chi connectivity index (χ3v) is 18.6. The summed E-state index contributed by atoms with van der Waals surface area (Å²) in [7, 11) is -9.89. The van der Waals surface area contributed by atoms with Gasteiger partial charge in [0.1, 0.15) is 19.3 Å². The van der Waals surface area contributed by atoms with Crippen LogP contribution in [0.3, 0.4) is 0 Å². The Bertz CT molecular complexity index is 1770. The van der Waals surface area contributed by atoms with E-state index in [2.05, 4.69) is 48.5 Å². The maximum atomic E-state index is 13.0. The molecule has 3 unspecified atom stereocenters. The van der Waals surface area contributed by atoms with E-state index in [-0.39, 0.29) is 25.7 Å². The van der Waals surface area contributed by atoms with Gasteiger partial charge in [-0.25, -0.2) is 9.13 Å².